The van der Waals surface area contributed by atoms with Crippen LogP contribution in [0.25, 0.3) is 0 Å². The van der Waals surface area contributed by atoms with E-state index in [1.807, 2.05) is 0 Å². The number of Topliss-reactive ketones (excluding diaryl/α,β-unsaturated/α-hetero) is 1. The molecule has 0 radical (unpaired) electrons. The molecule has 2 rings (SSSR count). The molecule has 0 saturated carbocycles. The van der Waals surface area contributed by atoms with E-state index >= 15 is 0 Å². The van der Waals surface area contributed by atoms with Gasteiger partial charge < -0.3 is 24.2 Å². The number of hydrogen-bond acceptors (Lipinski definition) is 9. The normalized spacial score (nSPS) is 14.7. The minimum atomic E-state index is -1.04. The summed E-state index contributed by atoms with van der Waals surface area (Å²) in [6.07, 6.45) is 7.52. The van der Waals surface area contributed by atoms with E-state index in [-0.39, 0.29) is 57.7 Å². The number of carbonyl (C=O) groups excluding carboxylic acids is 3. The zero-order valence-corrected chi connectivity index (χ0v) is 22.6. The Hall–Kier alpha value is -2.41. The van der Waals surface area contributed by atoms with Crippen molar-refractivity contribution in [3.63, 3.8) is 0 Å². The number of fused-ring (bicyclic) bond motifs is 1. The highest BCUT2D eigenvalue weighted by molar-refractivity contribution is 7.15. The van der Waals surface area contributed by atoms with Crippen LogP contribution in [0.15, 0.2) is 0 Å². The van der Waals surface area contributed by atoms with Crippen LogP contribution in [-0.4, -0.2) is 91.8 Å². The minimum absolute atomic E-state index is 0.0555. The summed E-state index contributed by atoms with van der Waals surface area (Å²) in [6.45, 7) is 1.95. The van der Waals surface area contributed by atoms with E-state index in [2.05, 4.69) is 17.2 Å². The van der Waals surface area contributed by atoms with Crippen LogP contribution in [0, 0.1) is 5.92 Å². The highest BCUT2D eigenvalue weighted by atomic mass is 32.1. The van der Waals surface area contributed by atoms with Crippen molar-refractivity contribution in [3.8, 4) is 0 Å². The fourth-order valence-electron chi connectivity index (χ4n) is 3.92. The molecule has 1 atom stereocenters. The smallest absolute Gasteiger partial charge is 0.329 e. The fourth-order valence-corrected chi connectivity index (χ4v) is 5.05. The van der Waals surface area contributed by atoms with Crippen LogP contribution >= 0.6 is 11.3 Å². The number of carboxylic acids is 1. The summed E-state index contributed by atoms with van der Waals surface area (Å²) in [5.41, 5.74) is 1.08. The van der Waals surface area contributed by atoms with Gasteiger partial charge in [0.15, 0.2) is 10.9 Å². The van der Waals surface area contributed by atoms with E-state index in [0.29, 0.717) is 24.1 Å². The van der Waals surface area contributed by atoms with Gasteiger partial charge in [0.2, 0.25) is 5.91 Å². The highest BCUT2D eigenvalue weighted by Gasteiger charge is 2.23. The second kappa shape index (κ2) is 17.2. The van der Waals surface area contributed by atoms with E-state index in [1.165, 1.54) is 47.4 Å². The topological polar surface area (TPSA) is 144 Å². The van der Waals surface area contributed by atoms with Gasteiger partial charge in [0.05, 0.1) is 25.5 Å². The van der Waals surface area contributed by atoms with Gasteiger partial charge in [-0.05, 0) is 31.6 Å². The number of anilines is 1. The van der Waals surface area contributed by atoms with Crippen molar-refractivity contribution in [3.05, 3.63) is 10.6 Å². The fraction of sp³-hybridized carbons (Fsp3) is 0.720. The number of nitrogens with zero attached hydrogens (tertiary/aromatic N) is 2. The molecule has 0 spiro atoms. The number of ether oxygens (including phenoxy) is 3. The van der Waals surface area contributed by atoms with Gasteiger partial charge in [-0.15, -0.1) is 11.3 Å². The van der Waals surface area contributed by atoms with Crippen LogP contribution < -0.4 is 5.32 Å². The number of carboxylic acid groups (broad SMARTS) is 1. The lowest BCUT2D eigenvalue weighted by atomic mass is 9.87. The lowest BCUT2D eigenvalue weighted by Gasteiger charge is -2.20. The molecule has 1 heterocycles. The number of unbranched alkanes of at least 4 members (excludes halogenated alkanes) is 1. The van der Waals surface area contributed by atoms with Gasteiger partial charge >= 0.3 is 5.97 Å². The molecule has 1 aromatic rings. The molecule has 2 N–H and O–H groups in total. The molecule has 12 heteroatoms. The number of ketones is 1. The Labute approximate surface area is 221 Å². The molecule has 1 aliphatic carbocycles. The molecular weight excluding hydrogens is 502 g/mol. The maximum absolute atomic E-state index is 12.2. The predicted molar refractivity (Wildman–Crippen MR) is 138 cm³/mol. The zero-order valence-electron chi connectivity index (χ0n) is 21.8. The van der Waals surface area contributed by atoms with Crippen molar-refractivity contribution >= 4 is 40.0 Å². The van der Waals surface area contributed by atoms with Gasteiger partial charge in [-0.3, -0.25) is 19.7 Å². The number of amides is 2. The van der Waals surface area contributed by atoms with Gasteiger partial charge in [-0.1, -0.05) is 26.2 Å². The summed E-state index contributed by atoms with van der Waals surface area (Å²) >= 11 is 1.52. The van der Waals surface area contributed by atoms with Gasteiger partial charge in [0.1, 0.15) is 19.8 Å². The first-order chi connectivity index (χ1) is 17.8. The third-order valence-electron chi connectivity index (χ3n) is 5.89. The van der Waals surface area contributed by atoms with Gasteiger partial charge in [-0.25, -0.2) is 9.78 Å². The Morgan fingerprint density at radius 3 is 2.62 bits per heavy atom. The number of aromatic nitrogens is 1. The van der Waals surface area contributed by atoms with Crippen molar-refractivity contribution in [2.45, 2.75) is 58.3 Å². The van der Waals surface area contributed by atoms with Crippen LogP contribution in [0.2, 0.25) is 0 Å². The molecule has 0 aliphatic heterocycles. The van der Waals surface area contributed by atoms with Gasteiger partial charge in [0.25, 0.3) is 5.91 Å². The number of rotatable bonds is 19. The van der Waals surface area contributed by atoms with E-state index in [9.17, 15) is 19.2 Å². The summed E-state index contributed by atoms with van der Waals surface area (Å²) in [7, 11) is 1.51. The Bertz CT molecular complexity index is 891. The number of hydrogen-bond donors (Lipinski definition) is 2. The lowest BCUT2D eigenvalue weighted by Crippen LogP contribution is -2.35. The second-order valence-corrected chi connectivity index (χ2v) is 10.2. The molecule has 37 heavy (non-hydrogen) atoms. The Morgan fingerprint density at radius 2 is 1.86 bits per heavy atom. The Balaban J connectivity index is 1.56. The maximum Gasteiger partial charge on any atom is 0.329 e. The number of carbonyl (C=O) groups is 4. The minimum Gasteiger partial charge on any atom is -0.480 e. The summed E-state index contributed by atoms with van der Waals surface area (Å²) in [6, 6.07) is 0. The molecule has 0 bridgehead atoms. The standard InChI is InChI=1S/C25H39N3O8S/c1-3-4-6-18-8-9-20-21(13-18)37-25(26-20)27-22(30)15-36-16-23(31)28(2)14-19(29)7-5-10-34-11-12-35-17-24(32)33/h18H,3-17H2,1-2H3,(H,32,33)(H,26,27,30)/t18-/m0/s1. The number of aliphatic carboxylic acids is 1. The summed E-state index contributed by atoms with van der Waals surface area (Å²) in [4.78, 5) is 53.9. The lowest BCUT2D eigenvalue weighted by molar-refractivity contribution is -0.142. The van der Waals surface area contributed by atoms with Crippen LogP contribution in [0.3, 0.4) is 0 Å². The van der Waals surface area contributed by atoms with E-state index in [0.717, 1.165) is 25.0 Å². The molecule has 0 unspecified atom stereocenters. The summed E-state index contributed by atoms with van der Waals surface area (Å²) in [5.74, 6) is -1.23. The zero-order chi connectivity index (χ0) is 27.0. The third-order valence-corrected chi connectivity index (χ3v) is 6.93. The quantitative estimate of drug-likeness (QED) is 0.252. The average Bonchev–Trinajstić information content (AvgIpc) is 3.25. The number of thiazole rings is 1. The van der Waals surface area contributed by atoms with E-state index in [4.69, 9.17) is 19.3 Å². The molecule has 2 amide bonds. The molecule has 0 fully saturated rings. The third kappa shape index (κ3) is 12.6. The summed E-state index contributed by atoms with van der Waals surface area (Å²) < 4.78 is 15.4. The predicted octanol–water partition coefficient (Wildman–Crippen LogP) is 2.32. The van der Waals surface area contributed by atoms with E-state index < -0.39 is 11.9 Å². The molecular formula is C25H39N3O8S. The van der Waals surface area contributed by atoms with Gasteiger partial charge in [0, 0.05) is 25.0 Å². The SMILES string of the molecule is CCCC[C@H]1CCc2nc(NC(=O)COCC(=O)N(C)CC(=O)CCCOCCOCC(=O)O)sc2C1. The molecule has 1 aliphatic rings. The van der Waals surface area contributed by atoms with Crippen molar-refractivity contribution in [2.24, 2.45) is 5.92 Å². The molecule has 11 nitrogen and oxygen atoms in total. The maximum atomic E-state index is 12.2. The average molecular weight is 542 g/mol. The van der Waals surface area contributed by atoms with E-state index in [1.54, 1.807) is 0 Å². The summed E-state index contributed by atoms with van der Waals surface area (Å²) in [5, 5.41) is 11.8. The van der Waals surface area contributed by atoms with Crippen molar-refractivity contribution in [1.29, 1.82) is 0 Å². The van der Waals surface area contributed by atoms with Crippen molar-refractivity contribution in [2.75, 3.05) is 58.6 Å². The van der Waals surface area contributed by atoms with Crippen molar-refractivity contribution < 1.29 is 38.5 Å². The van der Waals surface area contributed by atoms with Crippen LogP contribution in [0.5, 0.6) is 0 Å². The first-order valence-corrected chi connectivity index (χ1v) is 13.6. The Kier molecular flexibility index (Phi) is 14.3. The second-order valence-electron chi connectivity index (χ2n) is 9.13. The molecule has 0 aromatic carbocycles. The molecule has 208 valence electrons. The number of aryl methyl sites for hydroxylation is 1. The van der Waals surface area contributed by atoms with Gasteiger partial charge in [-0.2, -0.15) is 0 Å². The highest BCUT2D eigenvalue weighted by Crippen LogP contribution is 2.34. The first kappa shape index (κ1) is 30.8. The monoisotopic (exact) mass is 541 g/mol. The van der Waals surface area contributed by atoms with Crippen LogP contribution in [-0.2, 0) is 46.2 Å². The molecule has 1 aromatic heterocycles. The number of nitrogens with one attached hydrogen (secondary N) is 1. The number of likely N-dealkylation sites (N-methyl/N-ethyl adjacent to an activating group) is 1. The first-order valence-electron chi connectivity index (χ1n) is 12.8. The Morgan fingerprint density at radius 1 is 1.08 bits per heavy atom. The molecule has 0 saturated heterocycles. The van der Waals surface area contributed by atoms with Crippen LogP contribution in [0.1, 0.15) is 56.0 Å². The van der Waals surface area contributed by atoms with Crippen molar-refractivity contribution in [1.82, 2.24) is 9.88 Å². The largest absolute Gasteiger partial charge is 0.480 e. The van der Waals surface area contributed by atoms with Crippen LogP contribution in [0.4, 0.5) is 5.13 Å².